The molecule has 0 radical (unpaired) electrons. The molecule has 4 nitrogen and oxygen atoms in total. The lowest BCUT2D eigenvalue weighted by molar-refractivity contribution is 0.0992. The number of aliphatic hydroxyl groups is 1. The summed E-state index contributed by atoms with van der Waals surface area (Å²) in [7, 11) is 1.60. The lowest BCUT2D eigenvalue weighted by atomic mass is 10.2. The van der Waals surface area contributed by atoms with Gasteiger partial charge >= 0.3 is 0 Å². The number of anilines is 1. The Hall–Kier alpha value is -2.71. The van der Waals surface area contributed by atoms with E-state index in [4.69, 9.17) is 5.11 Å². The largest absolute Gasteiger partial charge is 0.384 e. The van der Waals surface area contributed by atoms with Gasteiger partial charge in [0.05, 0.1) is 5.56 Å². The number of hydrogen-bond donors (Lipinski definition) is 1. The Morgan fingerprint density at radius 3 is 2.71 bits per heavy atom. The maximum atomic E-state index is 12.9. The number of carbonyl (C=O) groups is 1. The topological polar surface area (TPSA) is 53.4 Å². The Labute approximate surface area is 121 Å². The number of nitrogens with zero attached hydrogens (tertiary/aromatic N) is 2. The van der Waals surface area contributed by atoms with Crippen molar-refractivity contribution in [1.29, 1.82) is 0 Å². The molecule has 0 unspecified atom stereocenters. The number of aromatic nitrogens is 1. The lowest BCUT2D eigenvalue weighted by Crippen LogP contribution is -2.26. The first-order valence-electron chi connectivity index (χ1n) is 6.20. The van der Waals surface area contributed by atoms with Crippen LogP contribution in [0.5, 0.6) is 0 Å². The SMILES string of the molecule is CN(C(=O)c1cncc(C#CCO)c1)c1ccc(F)cc1. The molecule has 0 spiro atoms. The minimum Gasteiger partial charge on any atom is -0.384 e. The summed E-state index contributed by atoms with van der Waals surface area (Å²) in [5.41, 5.74) is 1.49. The van der Waals surface area contributed by atoms with Gasteiger partial charge in [-0.3, -0.25) is 9.78 Å². The molecule has 0 atom stereocenters. The van der Waals surface area contributed by atoms with Gasteiger partial charge in [0.1, 0.15) is 12.4 Å². The van der Waals surface area contributed by atoms with Crippen LogP contribution in [0.15, 0.2) is 42.7 Å². The zero-order valence-electron chi connectivity index (χ0n) is 11.4. The molecule has 21 heavy (non-hydrogen) atoms. The molecule has 0 fully saturated rings. The highest BCUT2D eigenvalue weighted by atomic mass is 19.1. The third-order valence-corrected chi connectivity index (χ3v) is 2.82. The van der Waals surface area contributed by atoms with E-state index in [0.717, 1.165) is 0 Å². The second-order valence-corrected chi connectivity index (χ2v) is 4.26. The molecule has 2 rings (SSSR count). The minimum atomic E-state index is -0.359. The first kappa shape index (κ1) is 14.7. The van der Waals surface area contributed by atoms with Gasteiger partial charge in [-0.25, -0.2) is 4.39 Å². The zero-order valence-corrected chi connectivity index (χ0v) is 11.4. The van der Waals surface area contributed by atoms with Crippen molar-refractivity contribution in [3.8, 4) is 11.8 Å². The van der Waals surface area contributed by atoms with Gasteiger partial charge in [-0.05, 0) is 30.3 Å². The highest BCUT2D eigenvalue weighted by molar-refractivity contribution is 6.05. The van der Waals surface area contributed by atoms with Crippen LogP contribution in [0, 0.1) is 17.7 Å². The average molecular weight is 284 g/mol. The normalized spacial score (nSPS) is 9.67. The molecule has 1 N–H and O–H groups in total. The molecule has 0 aliphatic rings. The number of halogens is 1. The van der Waals surface area contributed by atoms with Gasteiger partial charge in [0, 0.05) is 30.7 Å². The summed E-state index contributed by atoms with van der Waals surface area (Å²) >= 11 is 0. The van der Waals surface area contributed by atoms with Crippen LogP contribution in [0.25, 0.3) is 0 Å². The Morgan fingerprint density at radius 2 is 2.05 bits per heavy atom. The van der Waals surface area contributed by atoms with Crippen LogP contribution in [0.2, 0.25) is 0 Å². The van der Waals surface area contributed by atoms with Crippen molar-refractivity contribution in [2.75, 3.05) is 18.6 Å². The molecular formula is C16H13FN2O2. The van der Waals surface area contributed by atoms with Crippen LogP contribution in [0.4, 0.5) is 10.1 Å². The predicted octanol–water partition coefficient (Wildman–Crippen LogP) is 1.84. The van der Waals surface area contributed by atoms with E-state index in [1.54, 1.807) is 13.1 Å². The predicted molar refractivity (Wildman–Crippen MR) is 77.3 cm³/mol. The van der Waals surface area contributed by atoms with Gasteiger partial charge in [0.2, 0.25) is 0 Å². The van der Waals surface area contributed by atoms with Gasteiger partial charge in [-0.1, -0.05) is 11.8 Å². The van der Waals surface area contributed by atoms with Crippen molar-refractivity contribution in [2.45, 2.75) is 0 Å². The first-order chi connectivity index (χ1) is 10.1. The molecule has 0 aliphatic carbocycles. The summed E-state index contributed by atoms with van der Waals surface area (Å²) in [6.45, 7) is -0.256. The van der Waals surface area contributed by atoms with Crippen LogP contribution in [0.3, 0.4) is 0 Å². The van der Waals surface area contributed by atoms with Crippen molar-refractivity contribution in [3.05, 3.63) is 59.7 Å². The quantitative estimate of drug-likeness (QED) is 0.856. The van der Waals surface area contributed by atoms with Gasteiger partial charge < -0.3 is 10.0 Å². The maximum Gasteiger partial charge on any atom is 0.259 e. The average Bonchev–Trinajstić information content (AvgIpc) is 2.52. The zero-order chi connectivity index (χ0) is 15.2. The summed E-state index contributed by atoms with van der Waals surface area (Å²) < 4.78 is 12.9. The second kappa shape index (κ2) is 6.64. The van der Waals surface area contributed by atoms with Crippen molar-refractivity contribution in [1.82, 2.24) is 4.98 Å². The summed E-state index contributed by atoms with van der Waals surface area (Å²) in [5, 5.41) is 8.67. The van der Waals surface area contributed by atoms with Crippen LogP contribution < -0.4 is 4.90 Å². The second-order valence-electron chi connectivity index (χ2n) is 4.26. The van der Waals surface area contributed by atoms with Crippen molar-refractivity contribution < 1.29 is 14.3 Å². The molecule has 1 aromatic heterocycles. The number of rotatable bonds is 2. The summed E-state index contributed by atoms with van der Waals surface area (Å²) in [4.78, 5) is 17.7. The van der Waals surface area contributed by atoms with Crippen LogP contribution in [-0.4, -0.2) is 29.7 Å². The number of hydrogen-bond acceptors (Lipinski definition) is 3. The van der Waals surface area contributed by atoms with E-state index in [1.807, 2.05) is 0 Å². The molecule has 1 heterocycles. The van der Waals surface area contributed by atoms with E-state index in [9.17, 15) is 9.18 Å². The Kier molecular flexibility index (Phi) is 4.64. The van der Waals surface area contributed by atoms with E-state index >= 15 is 0 Å². The molecule has 2 aromatic rings. The minimum absolute atomic E-state index is 0.256. The monoisotopic (exact) mass is 284 g/mol. The Morgan fingerprint density at radius 1 is 1.33 bits per heavy atom. The maximum absolute atomic E-state index is 12.9. The molecular weight excluding hydrogens is 271 g/mol. The number of pyridine rings is 1. The summed E-state index contributed by atoms with van der Waals surface area (Å²) in [5.74, 6) is 4.55. The summed E-state index contributed by atoms with van der Waals surface area (Å²) in [6, 6.07) is 7.23. The lowest BCUT2D eigenvalue weighted by Gasteiger charge is -2.17. The van der Waals surface area contributed by atoms with E-state index in [2.05, 4.69) is 16.8 Å². The van der Waals surface area contributed by atoms with Gasteiger partial charge in [-0.15, -0.1) is 0 Å². The highest BCUT2D eigenvalue weighted by Gasteiger charge is 2.14. The number of benzene rings is 1. The van der Waals surface area contributed by atoms with Gasteiger partial charge in [0.25, 0.3) is 5.91 Å². The van der Waals surface area contributed by atoms with E-state index < -0.39 is 0 Å². The third-order valence-electron chi connectivity index (χ3n) is 2.82. The molecule has 0 aliphatic heterocycles. The smallest absolute Gasteiger partial charge is 0.259 e. The highest BCUT2D eigenvalue weighted by Crippen LogP contribution is 2.16. The fourth-order valence-corrected chi connectivity index (χ4v) is 1.74. The van der Waals surface area contributed by atoms with Gasteiger partial charge in [0.15, 0.2) is 0 Å². The Bertz CT molecular complexity index is 702. The van der Waals surface area contributed by atoms with Crippen molar-refractivity contribution >= 4 is 11.6 Å². The van der Waals surface area contributed by atoms with Crippen molar-refractivity contribution in [2.24, 2.45) is 0 Å². The van der Waals surface area contributed by atoms with E-state index in [1.165, 1.54) is 41.6 Å². The van der Waals surface area contributed by atoms with Crippen LogP contribution >= 0.6 is 0 Å². The van der Waals surface area contributed by atoms with Crippen LogP contribution in [-0.2, 0) is 0 Å². The molecule has 5 heteroatoms. The first-order valence-corrected chi connectivity index (χ1v) is 6.20. The fraction of sp³-hybridized carbons (Fsp3) is 0.125. The molecule has 106 valence electrons. The molecule has 1 amide bonds. The van der Waals surface area contributed by atoms with E-state index in [-0.39, 0.29) is 18.3 Å². The summed E-state index contributed by atoms with van der Waals surface area (Å²) in [6.07, 6.45) is 2.95. The van der Waals surface area contributed by atoms with E-state index in [0.29, 0.717) is 16.8 Å². The molecule has 1 aromatic carbocycles. The standard InChI is InChI=1S/C16H13FN2O2/c1-19(15-6-4-14(17)5-7-15)16(21)13-9-12(3-2-8-20)10-18-11-13/h4-7,9-11,20H,8H2,1H3. The van der Waals surface area contributed by atoms with Crippen LogP contribution in [0.1, 0.15) is 15.9 Å². The van der Waals surface area contributed by atoms with Crippen molar-refractivity contribution in [3.63, 3.8) is 0 Å². The molecule has 0 saturated carbocycles. The third kappa shape index (κ3) is 3.65. The van der Waals surface area contributed by atoms with Gasteiger partial charge in [-0.2, -0.15) is 0 Å². The number of amides is 1. The number of carbonyl (C=O) groups excluding carboxylic acids is 1. The fourth-order valence-electron chi connectivity index (χ4n) is 1.74. The molecule has 0 bridgehead atoms. The molecule has 0 saturated heterocycles. The Balaban J connectivity index is 2.25. The number of aliphatic hydroxyl groups excluding tert-OH is 1.